The summed E-state index contributed by atoms with van der Waals surface area (Å²) in [4.78, 5) is 2.66. The molecule has 0 N–H and O–H groups in total. The van der Waals surface area contributed by atoms with Crippen molar-refractivity contribution in [3.63, 3.8) is 0 Å². The third kappa shape index (κ3) is 3.20. The topological polar surface area (TPSA) is 34.0 Å². The first kappa shape index (κ1) is 14.8. The van der Waals surface area contributed by atoms with Crippen LogP contribution in [0.3, 0.4) is 0 Å². The molecule has 0 saturated carbocycles. The maximum Gasteiger partial charge on any atom is 0.135 e. The van der Waals surface area contributed by atoms with Crippen molar-refractivity contribution in [1.82, 2.24) is 19.7 Å². The smallest absolute Gasteiger partial charge is 0.135 e. The molecule has 116 valence electrons. The highest BCUT2D eigenvalue weighted by Crippen LogP contribution is 2.33. The summed E-state index contributed by atoms with van der Waals surface area (Å²) in [5.74, 6) is 3.36. The summed E-state index contributed by atoms with van der Waals surface area (Å²) in [6.07, 6.45) is 9.35. The average molecular weight is 288 g/mol. The zero-order valence-electron chi connectivity index (χ0n) is 13.6. The fraction of sp³-hybridized carbons (Fsp3) is 0.765. The van der Waals surface area contributed by atoms with E-state index in [1.165, 1.54) is 45.3 Å². The van der Waals surface area contributed by atoms with Crippen molar-refractivity contribution in [2.75, 3.05) is 19.6 Å². The van der Waals surface area contributed by atoms with Gasteiger partial charge >= 0.3 is 0 Å². The van der Waals surface area contributed by atoms with Crippen LogP contribution >= 0.6 is 0 Å². The van der Waals surface area contributed by atoms with Gasteiger partial charge in [0.15, 0.2) is 0 Å². The van der Waals surface area contributed by atoms with Gasteiger partial charge in [0.05, 0.1) is 0 Å². The molecule has 1 saturated heterocycles. The van der Waals surface area contributed by atoms with Gasteiger partial charge in [0.25, 0.3) is 0 Å². The lowest BCUT2D eigenvalue weighted by atomic mass is 9.79. The van der Waals surface area contributed by atoms with Crippen LogP contribution in [0.25, 0.3) is 0 Å². The van der Waals surface area contributed by atoms with Gasteiger partial charge in [-0.15, -0.1) is 10.2 Å². The van der Waals surface area contributed by atoms with Crippen LogP contribution < -0.4 is 0 Å². The minimum atomic E-state index is 0.592. The highest BCUT2D eigenvalue weighted by molar-refractivity contribution is 5.09. The molecule has 0 radical (unpaired) electrons. The van der Waals surface area contributed by atoms with Crippen LogP contribution in [-0.4, -0.2) is 39.3 Å². The number of nitrogens with zero attached hydrogens (tertiary/aromatic N) is 4. The molecule has 0 unspecified atom stereocenters. The number of hydrogen-bond donors (Lipinski definition) is 0. The van der Waals surface area contributed by atoms with Crippen molar-refractivity contribution in [2.24, 2.45) is 18.9 Å². The second-order valence-corrected chi connectivity index (χ2v) is 6.98. The maximum absolute atomic E-state index is 4.29. The van der Waals surface area contributed by atoms with Crippen LogP contribution in [0.4, 0.5) is 0 Å². The van der Waals surface area contributed by atoms with Crippen molar-refractivity contribution in [2.45, 2.75) is 45.4 Å². The number of rotatable bonds is 3. The van der Waals surface area contributed by atoms with E-state index >= 15 is 0 Å². The average Bonchev–Trinajstić information content (AvgIpc) is 2.90. The van der Waals surface area contributed by atoms with Gasteiger partial charge in [-0.1, -0.05) is 18.6 Å². The Hall–Kier alpha value is -1.16. The molecule has 4 nitrogen and oxygen atoms in total. The Bertz CT molecular complexity index is 497. The second-order valence-electron chi connectivity index (χ2n) is 6.98. The van der Waals surface area contributed by atoms with Crippen molar-refractivity contribution in [3.05, 3.63) is 23.8 Å². The van der Waals surface area contributed by atoms with Crippen molar-refractivity contribution >= 4 is 0 Å². The summed E-state index contributed by atoms with van der Waals surface area (Å²) < 4.78 is 2.08. The molecule has 2 atom stereocenters. The number of hydrogen-bond acceptors (Lipinski definition) is 3. The Kier molecular flexibility index (Phi) is 4.43. The van der Waals surface area contributed by atoms with Gasteiger partial charge < -0.3 is 9.47 Å². The van der Waals surface area contributed by atoms with Crippen LogP contribution in [0.1, 0.15) is 51.3 Å². The maximum atomic E-state index is 4.29. The molecule has 0 spiro atoms. The molecule has 3 rings (SSSR count). The van der Waals surface area contributed by atoms with E-state index in [1.54, 1.807) is 5.57 Å². The number of aryl methyl sites for hydroxylation is 1. The van der Waals surface area contributed by atoms with Crippen LogP contribution in [0.5, 0.6) is 0 Å². The van der Waals surface area contributed by atoms with Crippen LogP contribution in [0.15, 0.2) is 18.0 Å². The quantitative estimate of drug-likeness (QED) is 0.802. The van der Waals surface area contributed by atoms with E-state index in [-0.39, 0.29) is 0 Å². The lowest BCUT2D eigenvalue weighted by Gasteiger charge is -2.37. The summed E-state index contributed by atoms with van der Waals surface area (Å²) >= 11 is 0. The highest BCUT2D eigenvalue weighted by atomic mass is 15.3. The predicted octanol–water partition coefficient (Wildman–Crippen LogP) is 2.99. The van der Waals surface area contributed by atoms with E-state index in [2.05, 4.69) is 46.6 Å². The minimum Gasteiger partial charge on any atom is -0.320 e. The molecule has 2 heterocycles. The number of likely N-dealkylation sites (tertiary alicyclic amines) is 1. The summed E-state index contributed by atoms with van der Waals surface area (Å²) in [7, 11) is 2.06. The standard InChI is InChI=1S/C17H28N4/c1-13-5-4-6-14(2)16(13)11-21-9-7-15(8-10-21)17-19-18-12-20(17)3/h5,12,14-16H,4,6-11H2,1-3H3/t14-,16-/m0/s1. The molecule has 1 aromatic rings. The van der Waals surface area contributed by atoms with Crippen LogP contribution in [0, 0.1) is 11.8 Å². The van der Waals surface area contributed by atoms with E-state index in [0.29, 0.717) is 5.92 Å². The molecule has 2 aliphatic rings. The van der Waals surface area contributed by atoms with E-state index in [4.69, 9.17) is 0 Å². The summed E-state index contributed by atoms with van der Waals surface area (Å²) in [5.41, 5.74) is 1.61. The fourth-order valence-corrected chi connectivity index (χ4v) is 4.01. The molecule has 0 aromatic carbocycles. The first-order chi connectivity index (χ1) is 10.1. The molecular formula is C17H28N4. The fourth-order valence-electron chi connectivity index (χ4n) is 4.01. The van der Waals surface area contributed by atoms with E-state index in [9.17, 15) is 0 Å². The Labute approximate surface area is 128 Å². The van der Waals surface area contributed by atoms with E-state index < -0.39 is 0 Å². The normalized spacial score (nSPS) is 28.6. The Morgan fingerprint density at radius 2 is 2.00 bits per heavy atom. The Balaban J connectivity index is 1.55. The van der Waals surface area contributed by atoms with Crippen LogP contribution in [0.2, 0.25) is 0 Å². The van der Waals surface area contributed by atoms with Crippen molar-refractivity contribution < 1.29 is 0 Å². The molecule has 1 aliphatic carbocycles. The number of aromatic nitrogens is 3. The molecule has 1 aliphatic heterocycles. The van der Waals surface area contributed by atoms with Gasteiger partial charge in [-0.3, -0.25) is 0 Å². The first-order valence-electron chi connectivity index (χ1n) is 8.38. The molecule has 1 fully saturated rings. The van der Waals surface area contributed by atoms with Gasteiger partial charge in [0.2, 0.25) is 0 Å². The number of allylic oxidation sites excluding steroid dienone is 1. The number of piperidine rings is 1. The van der Waals surface area contributed by atoms with E-state index in [0.717, 1.165) is 17.7 Å². The monoisotopic (exact) mass is 288 g/mol. The first-order valence-corrected chi connectivity index (χ1v) is 8.38. The van der Waals surface area contributed by atoms with Gasteiger partial charge in [-0.2, -0.15) is 0 Å². The predicted molar refractivity (Wildman–Crippen MR) is 85.1 cm³/mol. The summed E-state index contributed by atoms with van der Waals surface area (Å²) in [6.45, 7) is 8.40. The van der Waals surface area contributed by atoms with Crippen molar-refractivity contribution in [3.8, 4) is 0 Å². The zero-order chi connectivity index (χ0) is 14.8. The summed E-state index contributed by atoms with van der Waals surface area (Å²) in [5, 5.41) is 8.31. The molecule has 1 aromatic heterocycles. The Morgan fingerprint density at radius 3 is 2.62 bits per heavy atom. The molecule has 0 amide bonds. The van der Waals surface area contributed by atoms with Gasteiger partial charge in [-0.25, -0.2) is 0 Å². The molecule has 4 heteroatoms. The molecule has 21 heavy (non-hydrogen) atoms. The Morgan fingerprint density at radius 1 is 1.24 bits per heavy atom. The second kappa shape index (κ2) is 6.30. The SMILES string of the molecule is CC1=CCC[C@H](C)[C@H]1CN1CCC(c2nncn2C)CC1. The largest absolute Gasteiger partial charge is 0.320 e. The molecular weight excluding hydrogens is 260 g/mol. The van der Waals surface area contributed by atoms with Gasteiger partial charge in [-0.05, 0) is 57.5 Å². The molecule has 0 bridgehead atoms. The zero-order valence-corrected chi connectivity index (χ0v) is 13.6. The van der Waals surface area contributed by atoms with Gasteiger partial charge in [0.1, 0.15) is 12.2 Å². The summed E-state index contributed by atoms with van der Waals surface area (Å²) in [6, 6.07) is 0. The van der Waals surface area contributed by atoms with Gasteiger partial charge in [0, 0.05) is 19.5 Å². The van der Waals surface area contributed by atoms with Crippen LogP contribution in [-0.2, 0) is 7.05 Å². The minimum absolute atomic E-state index is 0.592. The highest BCUT2D eigenvalue weighted by Gasteiger charge is 2.28. The third-order valence-corrected chi connectivity index (χ3v) is 5.51. The lowest BCUT2D eigenvalue weighted by molar-refractivity contribution is 0.165. The van der Waals surface area contributed by atoms with E-state index in [1.807, 2.05) is 6.33 Å². The van der Waals surface area contributed by atoms with Crippen molar-refractivity contribution in [1.29, 1.82) is 0 Å². The lowest BCUT2D eigenvalue weighted by Crippen LogP contribution is -2.39. The third-order valence-electron chi connectivity index (χ3n) is 5.51.